The van der Waals surface area contributed by atoms with Crippen molar-refractivity contribution >= 4 is 29.9 Å². The highest BCUT2D eigenvalue weighted by atomic mass is 127. The van der Waals surface area contributed by atoms with Crippen molar-refractivity contribution in [3.63, 3.8) is 0 Å². The Morgan fingerprint density at radius 3 is 2.73 bits per heavy atom. The molecule has 0 aromatic carbocycles. The molecule has 0 aliphatic heterocycles. The minimum absolute atomic E-state index is 0. The molecule has 0 aliphatic carbocycles. The van der Waals surface area contributed by atoms with Crippen LogP contribution in [0.1, 0.15) is 45.1 Å². The first kappa shape index (κ1) is 20.9. The third-order valence-corrected chi connectivity index (χ3v) is 3.12. The Hall–Kier alpha value is -1.05. The van der Waals surface area contributed by atoms with E-state index in [2.05, 4.69) is 34.5 Å². The summed E-state index contributed by atoms with van der Waals surface area (Å²) >= 11 is 0. The first-order valence-electron chi connectivity index (χ1n) is 7.81. The maximum Gasteiger partial charge on any atom is 0.218 e. The standard InChI is InChI=1S/C16H28N4O.HI/c1-4-6-7-8-11-19-16(17-5-2)20-13-14-10-9-12-18-15(14)21-3;/h9-10,12H,4-8,11,13H2,1-3H3,(H2,17,19,20);1H. The fourth-order valence-corrected chi connectivity index (χ4v) is 1.99. The number of unbranched alkanes of at least 4 members (excludes halogenated alkanes) is 3. The zero-order chi connectivity index (χ0) is 15.3. The minimum atomic E-state index is 0. The molecule has 126 valence electrons. The van der Waals surface area contributed by atoms with Gasteiger partial charge >= 0.3 is 0 Å². The number of methoxy groups -OCH3 is 1. The second kappa shape index (κ2) is 13.6. The van der Waals surface area contributed by atoms with Crippen molar-refractivity contribution in [1.29, 1.82) is 0 Å². The Labute approximate surface area is 151 Å². The number of rotatable bonds is 9. The van der Waals surface area contributed by atoms with Gasteiger partial charge in [-0.1, -0.05) is 32.3 Å². The average Bonchev–Trinajstić information content (AvgIpc) is 2.52. The molecule has 0 aliphatic rings. The van der Waals surface area contributed by atoms with Crippen molar-refractivity contribution in [3.8, 4) is 5.88 Å². The number of nitrogens with one attached hydrogen (secondary N) is 2. The highest BCUT2D eigenvalue weighted by Crippen LogP contribution is 2.14. The summed E-state index contributed by atoms with van der Waals surface area (Å²) in [6.07, 6.45) is 6.72. The Morgan fingerprint density at radius 2 is 2.05 bits per heavy atom. The van der Waals surface area contributed by atoms with Crippen molar-refractivity contribution in [1.82, 2.24) is 15.6 Å². The van der Waals surface area contributed by atoms with Crippen LogP contribution in [0.4, 0.5) is 0 Å². The van der Waals surface area contributed by atoms with Gasteiger partial charge in [-0.2, -0.15) is 0 Å². The molecule has 0 atom stereocenters. The highest BCUT2D eigenvalue weighted by Gasteiger charge is 2.03. The van der Waals surface area contributed by atoms with Gasteiger partial charge in [-0.15, -0.1) is 24.0 Å². The van der Waals surface area contributed by atoms with Crippen molar-refractivity contribution in [2.24, 2.45) is 4.99 Å². The Balaban J connectivity index is 0.00000441. The average molecular weight is 420 g/mol. The molecule has 1 aromatic heterocycles. The zero-order valence-electron chi connectivity index (χ0n) is 13.9. The summed E-state index contributed by atoms with van der Waals surface area (Å²) in [6, 6.07) is 3.89. The van der Waals surface area contributed by atoms with Gasteiger partial charge in [0.25, 0.3) is 0 Å². The van der Waals surface area contributed by atoms with E-state index in [9.17, 15) is 0 Å². The van der Waals surface area contributed by atoms with Crippen molar-refractivity contribution < 1.29 is 4.74 Å². The monoisotopic (exact) mass is 420 g/mol. The molecule has 0 bridgehead atoms. The van der Waals surface area contributed by atoms with E-state index in [0.29, 0.717) is 12.4 Å². The molecule has 0 spiro atoms. The summed E-state index contributed by atoms with van der Waals surface area (Å²) < 4.78 is 5.24. The molecule has 22 heavy (non-hydrogen) atoms. The Bertz CT molecular complexity index is 426. The molecule has 1 heterocycles. The van der Waals surface area contributed by atoms with E-state index in [4.69, 9.17) is 4.74 Å². The summed E-state index contributed by atoms with van der Waals surface area (Å²) in [4.78, 5) is 8.77. The Morgan fingerprint density at radius 1 is 1.23 bits per heavy atom. The van der Waals surface area contributed by atoms with Crippen LogP contribution in [0.5, 0.6) is 5.88 Å². The van der Waals surface area contributed by atoms with E-state index in [0.717, 1.165) is 24.6 Å². The van der Waals surface area contributed by atoms with Gasteiger partial charge in [0, 0.05) is 24.8 Å². The van der Waals surface area contributed by atoms with Crippen LogP contribution in [0.15, 0.2) is 23.3 Å². The van der Waals surface area contributed by atoms with Crippen LogP contribution in [-0.2, 0) is 6.54 Å². The first-order chi connectivity index (χ1) is 10.3. The summed E-state index contributed by atoms with van der Waals surface area (Å²) in [5.74, 6) is 1.49. The number of halogens is 1. The normalized spacial score (nSPS) is 10.8. The van der Waals surface area contributed by atoms with Crippen LogP contribution in [0.2, 0.25) is 0 Å². The van der Waals surface area contributed by atoms with E-state index >= 15 is 0 Å². The van der Waals surface area contributed by atoms with Gasteiger partial charge in [0.15, 0.2) is 5.96 Å². The second-order valence-electron chi connectivity index (χ2n) is 4.85. The van der Waals surface area contributed by atoms with Gasteiger partial charge in [-0.05, 0) is 19.4 Å². The van der Waals surface area contributed by atoms with Crippen molar-refractivity contribution in [3.05, 3.63) is 23.9 Å². The van der Waals surface area contributed by atoms with E-state index in [-0.39, 0.29) is 24.0 Å². The number of aliphatic imine (C=N–C) groups is 1. The molecule has 0 saturated carbocycles. The first-order valence-corrected chi connectivity index (χ1v) is 7.81. The lowest BCUT2D eigenvalue weighted by Crippen LogP contribution is -2.37. The van der Waals surface area contributed by atoms with E-state index < -0.39 is 0 Å². The number of ether oxygens (including phenoxy) is 1. The molecule has 0 unspecified atom stereocenters. The fraction of sp³-hybridized carbons (Fsp3) is 0.625. The van der Waals surface area contributed by atoms with Crippen LogP contribution < -0.4 is 15.4 Å². The number of nitrogens with zero attached hydrogens (tertiary/aromatic N) is 2. The van der Waals surface area contributed by atoms with E-state index in [1.807, 2.05) is 12.1 Å². The van der Waals surface area contributed by atoms with Crippen LogP contribution in [0.3, 0.4) is 0 Å². The van der Waals surface area contributed by atoms with Crippen molar-refractivity contribution in [2.45, 2.75) is 46.1 Å². The van der Waals surface area contributed by atoms with E-state index in [1.54, 1.807) is 13.3 Å². The third kappa shape index (κ3) is 8.41. The summed E-state index contributed by atoms with van der Waals surface area (Å²) in [7, 11) is 1.63. The highest BCUT2D eigenvalue weighted by molar-refractivity contribution is 14.0. The molecular formula is C16H29IN4O. The van der Waals surface area contributed by atoms with Crippen LogP contribution >= 0.6 is 24.0 Å². The molecule has 0 fully saturated rings. The molecule has 0 radical (unpaired) electrons. The molecular weight excluding hydrogens is 391 g/mol. The van der Waals surface area contributed by atoms with E-state index in [1.165, 1.54) is 25.7 Å². The quantitative estimate of drug-likeness (QED) is 0.279. The largest absolute Gasteiger partial charge is 0.481 e. The van der Waals surface area contributed by atoms with Crippen molar-refractivity contribution in [2.75, 3.05) is 20.2 Å². The number of guanidine groups is 1. The minimum Gasteiger partial charge on any atom is -0.481 e. The molecule has 0 saturated heterocycles. The molecule has 1 aromatic rings. The maximum atomic E-state index is 5.24. The number of pyridine rings is 1. The topological polar surface area (TPSA) is 58.5 Å². The lowest BCUT2D eigenvalue weighted by atomic mass is 10.2. The molecule has 0 amide bonds. The predicted molar refractivity (Wildman–Crippen MR) is 103 cm³/mol. The molecule has 6 heteroatoms. The second-order valence-corrected chi connectivity index (χ2v) is 4.85. The van der Waals surface area contributed by atoms with Gasteiger partial charge in [-0.25, -0.2) is 9.98 Å². The van der Waals surface area contributed by atoms with Gasteiger partial charge < -0.3 is 15.4 Å². The predicted octanol–water partition coefficient (Wildman–Crippen LogP) is 3.34. The molecule has 1 rings (SSSR count). The molecule has 5 nitrogen and oxygen atoms in total. The SMILES string of the molecule is CCCCCCNC(=NCc1cccnc1OC)NCC.I. The summed E-state index contributed by atoms with van der Waals surface area (Å²) in [6.45, 7) is 6.65. The lowest BCUT2D eigenvalue weighted by molar-refractivity contribution is 0.392. The van der Waals surface area contributed by atoms with Gasteiger partial charge in [0.05, 0.1) is 13.7 Å². The third-order valence-electron chi connectivity index (χ3n) is 3.12. The summed E-state index contributed by atoms with van der Waals surface area (Å²) in [5.41, 5.74) is 0.989. The zero-order valence-corrected chi connectivity index (χ0v) is 16.2. The Kier molecular flexibility index (Phi) is 13.0. The van der Waals surface area contributed by atoms with Gasteiger partial charge in [0.2, 0.25) is 5.88 Å². The molecule has 2 N–H and O–H groups in total. The van der Waals surface area contributed by atoms with Gasteiger partial charge in [0.1, 0.15) is 0 Å². The number of hydrogen-bond donors (Lipinski definition) is 2. The van der Waals surface area contributed by atoms with Crippen LogP contribution in [0, 0.1) is 0 Å². The lowest BCUT2D eigenvalue weighted by Gasteiger charge is -2.11. The van der Waals surface area contributed by atoms with Crippen LogP contribution in [-0.4, -0.2) is 31.1 Å². The number of hydrogen-bond acceptors (Lipinski definition) is 3. The number of aromatic nitrogens is 1. The fourth-order valence-electron chi connectivity index (χ4n) is 1.99. The smallest absolute Gasteiger partial charge is 0.218 e. The van der Waals surface area contributed by atoms with Crippen LogP contribution in [0.25, 0.3) is 0 Å². The maximum absolute atomic E-state index is 5.24. The van der Waals surface area contributed by atoms with Gasteiger partial charge in [-0.3, -0.25) is 0 Å². The summed E-state index contributed by atoms with van der Waals surface area (Å²) in [5, 5.41) is 6.62.